The van der Waals surface area contributed by atoms with Crippen molar-refractivity contribution in [3.63, 3.8) is 0 Å². The maximum Gasteiger partial charge on any atom is 0.341 e. The number of carboxylic acids is 1. The molecule has 7 heteroatoms. The van der Waals surface area contributed by atoms with E-state index >= 15 is 0 Å². The maximum atomic E-state index is 12.4. The molecule has 0 bridgehead atoms. The van der Waals surface area contributed by atoms with Crippen LogP contribution in [0.5, 0.6) is 0 Å². The van der Waals surface area contributed by atoms with Crippen LogP contribution in [0, 0.1) is 10.1 Å². The zero-order chi connectivity index (χ0) is 17.0. The summed E-state index contributed by atoms with van der Waals surface area (Å²) in [6, 6.07) is 8.68. The van der Waals surface area contributed by atoms with Crippen molar-refractivity contribution in [3.8, 4) is 11.3 Å². The van der Waals surface area contributed by atoms with E-state index in [1.54, 1.807) is 6.07 Å². The predicted molar refractivity (Wildman–Crippen MR) is 84.7 cm³/mol. The number of non-ortho nitro benzene ring substituents is 1. The van der Waals surface area contributed by atoms with E-state index in [4.69, 9.17) is 5.11 Å². The first kappa shape index (κ1) is 16.4. The number of hydrogen-bond donors (Lipinski definition) is 1. The van der Waals surface area contributed by atoms with Gasteiger partial charge < -0.3 is 9.67 Å². The molecule has 1 heterocycles. The van der Waals surface area contributed by atoms with Gasteiger partial charge in [-0.3, -0.25) is 14.9 Å². The number of carbonyl (C=O) groups is 1. The summed E-state index contributed by atoms with van der Waals surface area (Å²) in [5.74, 6) is -1.29. The number of aromatic nitrogens is 1. The zero-order valence-electron chi connectivity index (χ0n) is 12.6. The number of nitrogens with zero attached hydrogens (tertiary/aromatic N) is 2. The van der Waals surface area contributed by atoms with Gasteiger partial charge >= 0.3 is 5.97 Å². The molecule has 0 saturated carbocycles. The SMILES string of the molecule is CCCCn1c(-c2cccc([N+](=O)[O-])c2)ccc(C(=O)O)c1=O. The van der Waals surface area contributed by atoms with E-state index in [0.29, 0.717) is 24.2 Å². The fourth-order valence-electron chi connectivity index (χ4n) is 2.31. The Kier molecular flexibility index (Phi) is 4.90. The number of nitro benzene ring substituents is 1. The van der Waals surface area contributed by atoms with E-state index in [-0.39, 0.29) is 11.3 Å². The van der Waals surface area contributed by atoms with Gasteiger partial charge in [-0.25, -0.2) is 4.79 Å². The number of unbranched alkanes of at least 4 members (excludes halogenated alkanes) is 1. The molecule has 2 rings (SSSR count). The molecule has 0 aliphatic carbocycles. The largest absolute Gasteiger partial charge is 0.477 e. The highest BCUT2D eigenvalue weighted by atomic mass is 16.6. The van der Waals surface area contributed by atoms with E-state index in [2.05, 4.69) is 0 Å². The van der Waals surface area contributed by atoms with Crippen LogP contribution >= 0.6 is 0 Å². The highest BCUT2D eigenvalue weighted by molar-refractivity contribution is 5.87. The summed E-state index contributed by atoms with van der Waals surface area (Å²) >= 11 is 0. The number of hydrogen-bond acceptors (Lipinski definition) is 4. The molecule has 1 aromatic heterocycles. The van der Waals surface area contributed by atoms with Crippen molar-refractivity contribution in [2.45, 2.75) is 26.3 Å². The molecule has 23 heavy (non-hydrogen) atoms. The third kappa shape index (κ3) is 3.45. The molecule has 1 aromatic carbocycles. The lowest BCUT2D eigenvalue weighted by Crippen LogP contribution is -2.27. The van der Waals surface area contributed by atoms with Gasteiger partial charge in [-0.15, -0.1) is 0 Å². The maximum absolute atomic E-state index is 12.4. The second-order valence-corrected chi connectivity index (χ2v) is 5.06. The Balaban J connectivity index is 2.64. The summed E-state index contributed by atoms with van der Waals surface area (Å²) in [6.45, 7) is 2.31. The van der Waals surface area contributed by atoms with Crippen LogP contribution in [-0.4, -0.2) is 20.6 Å². The molecule has 0 radical (unpaired) electrons. The minimum absolute atomic E-state index is 0.0840. The number of pyridine rings is 1. The lowest BCUT2D eigenvalue weighted by atomic mass is 10.1. The monoisotopic (exact) mass is 316 g/mol. The molecule has 0 atom stereocenters. The van der Waals surface area contributed by atoms with Gasteiger partial charge in [0.2, 0.25) is 0 Å². The summed E-state index contributed by atoms with van der Waals surface area (Å²) in [6.07, 6.45) is 1.53. The second-order valence-electron chi connectivity index (χ2n) is 5.06. The number of nitro groups is 1. The summed E-state index contributed by atoms with van der Waals surface area (Å²) in [7, 11) is 0. The predicted octanol–water partition coefficient (Wildman–Crippen LogP) is 2.92. The molecule has 2 aromatic rings. The summed E-state index contributed by atoms with van der Waals surface area (Å²) < 4.78 is 1.37. The van der Waals surface area contributed by atoms with Crippen molar-refractivity contribution in [2.75, 3.05) is 0 Å². The molecular weight excluding hydrogens is 300 g/mol. The van der Waals surface area contributed by atoms with Crippen molar-refractivity contribution in [3.05, 3.63) is 62.4 Å². The van der Waals surface area contributed by atoms with Crippen molar-refractivity contribution in [1.82, 2.24) is 4.57 Å². The minimum Gasteiger partial charge on any atom is -0.477 e. The fraction of sp³-hybridized carbons (Fsp3) is 0.250. The molecular formula is C16H16N2O5. The second kappa shape index (κ2) is 6.87. The van der Waals surface area contributed by atoms with Crippen LogP contribution in [0.2, 0.25) is 0 Å². The quantitative estimate of drug-likeness (QED) is 0.652. The Morgan fingerprint density at radius 3 is 2.65 bits per heavy atom. The van der Waals surface area contributed by atoms with Crippen molar-refractivity contribution in [1.29, 1.82) is 0 Å². The minimum atomic E-state index is -1.29. The third-order valence-electron chi connectivity index (χ3n) is 3.49. The zero-order valence-corrected chi connectivity index (χ0v) is 12.6. The van der Waals surface area contributed by atoms with Crippen LogP contribution in [-0.2, 0) is 6.54 Å². The van der Waals surface area contributed by atoms with Gasteiger partial charge in [0.15, 0.2) is 0 Å². The number of aromatic carboxylic acids is 1. The first-order valence-corrected chi connectivity index (χ1v) is 7.17. The fourth-order valence-corrected chi connectivity index (χ4v) is 2.31. The third-order valence-corrected chi connectivity index (χ3v) is 3.49. The van der Waals surface area contributed by atoms with E-state index in [1.165, 1.54) is 34.9 Å². The Labute approximate surface area is 132 Å². The van der Waals surface area contributed by atoms with Crippen LogP contribution in [0.25, 0.3) is 11.3 Å². The molecule has 0 fully saturated rings. The van der Waals surface area contributed by atoms with E-state index < -0.39 is 16.5 Å². The van der Waals surface area contributed by atoms with Gasteiger partial charge in [-0.1, -0.05) is 25.5 Å². The highest BCUT2D eigenvalue weighted by Crippen LogP contribution is 2.23. The van der Waals surface area contributed by atoms with Crippen molar-refractivity contribution in [2.24, 2.45) is 0 Å². The topological polar surface area (TPSA) is 102 Å². The first-order chi connectivity index (χ1) is 11.0. The lowest BCUT2D eigenvalue weighted by molar-refractivity contribution is -0.384. The smallest absolute Gasteiger partial charge is 0.341 e. The van der Waals surface area contributed by atoms with Crippen molar-refractivity contribution >= 4 is 11.7 Å². The Morgan fingerprint density at radius 1 is 1.30 bits per heavy atom. The van der Waals surface area contributed by atoms with Gasteiger partial charge in [0.1, 0.15) is 5.56 Å². The van der Waals surface area contributed by atoms with Gasteiger partial charge in [-0.05, 0) is 18.6 Å². The Hall–Kier alpha value is -2.96. The molecule has 1 N–H and O–H groups in total. The molecule has 0 aliphatic rings. The summed E-state index contributed by atoms with van der Waals surface area (Å²) in [5.41, 5.74) is -0.0222. The van der Waals surface area contributed by atoms with Gasteiger partial charge in [0, 0.05) is 24.2 Å². The molecule has 0 amide bonds. The molecule has 0 saturated heterocycles. The number of carboxylic acid groups (broad SMARTS) is 1. The van der Waals surface area contributed by atoms with E-state index in [1.807, 2.05) is 6.92 Å². The van der Waals surface area contributed by atoms with Crippen LogP contribution in [0.3, 0.4) is 0 Å². The average Bonchev–Trinajstić information content (AvgIpc) is 2.53. The van der Waals surface area contributed by atoms with E-state index in [9.17, 15) is 19.7 Å². The normalized spacial score (nSPS) is 10.5. The molecule has 120 valence electrons. The van der Waals surface area contributed by atoms with Gasteiger partial charge in [0.05, 0.1) is 10.6 Å². The highest BCUT2D eigenvalue weighted by Gasteiger charge is 2.16. The van der Waals surface area contributed by atoms with Crippen LogP contribution < -0.4 is 5.56 Å². The van der Waals surface area contributed by atoms with Crippen LogP contribution in [0.15, 0.2) is 41.2 Å². The molecule has 0 aliphatic heterocycles. The average molecular weight is 316 g/mol. The molecule has 0 unspecified atom stereocenters. The van der Waals surface area contributed by atoms with Crippen molar-refractivity contribution < 1.29 is 14.8 Å². The summed E-state index contributed by atoms with van der Waals surface area (Å²) in [5, 5.41) is 20.0. The van der Waals surface area contributed by atoms with Crippen LogP contribution in [0.1, 0.15) is 30.1 Å². The standard InChI is InChI=1S/C16H16N2O5/c1-2-3-9-17-14(8-7-13(15(17)19)16(20)21)11-5-4-6-12(10-11)18(22)23/h4-8,10H,2-3,9H2,1H3,(H,20,21). The molecule has 7 nitrogen and oxygen atoms in total. The summed E-state index contributed by atoms with van der Waals surface area (Å²) in [4.78, 5) is 33.9. The molecule has 0 spiro atoms. The lowest BCUT2D eigenvalue weighted by Gasteiger charge is -2.13. The van der Waals surface area contributed by atoms with E-state index in [0.717, 1.165) is 6.42 Å². The van der Waals surface area contributed by atoms with Gasteiger partial charge in [-0.2, -0.15) is 0 Å². The van der Waals surface area contributed by atoms with Gasteiger partial charge in [0.25, 0.3) is 11.2 Å². The Morgan fingerprint density at radius 2 is 2.04 bits per heavy atom. The van der Waals surface area contributed by atoms with Crippen LogP contribution in [0.4, 0.5) is 5.69 Å². The number of benzene rings is 1. The Bertz CT molecular complexity index is 810. The first-order valence-electron chi connectivity index (χ1n) is 7.17. The number of rotatable bonds is 6.